The van der Waals surface area contributed by atoms with Crippen LogP contribution in [0, 0.1) is 0 Å². The second-order valence-corrected chi connectivity index (χ2v) is 10.3. The largest absolute Gasteiger partial charge is 0.478 e. The normalized spacial score (nSPS) is 14.8. The smallest absolute Gasteiger partial charge is 0.335 e. The number of aromatic carboxylic acids is 1. The minimum absolute atomic E-state index is 0.00762. The van der Waals surface area contributed by atoms with Gasteiger partial charge in [0.2, 0.25) is 5.91 Å². The highest BCUT2D eigenvalue weighted by atomic mass is 32.2. The topological polar surface area (TPSA) is 119 Å². The van der Waals surface area contributed by atoms with Crippen LogP contribution in [-0.4, -0.2) is 69.1 Å². The first-order chi connectivity index (χ1) is 16.1. The van der Waals surface area contributed by atoms with Crippen molar-refractivity contribution in [3.8, 4) is 0 Å². The molecule has 0 atom stereocenters. The highest BCUT2D eigenvalue weighted by Crippen LogP contribution is 2.30. The standard InChI is InChI=1S/C24H32N4O5S/c1-4-18-5-8-20(9-6-18)34(32,33)26-21-15-19(24(30)31)7-10-22(21)28-13-11-27(12-14-28)16-23(29)25-17(2)3/h5-10,15,17,26H,4,11-14,16H2,1-3H3,(H,25,29)(H,30,31). The Balaban J connectivity index is 1.79. The van der Waals surface area contributed by atoms with Gasteiger partial charge in [-0.3, -0.25) is 14.4 Å². The Morgan fingerprint density at radius 2 is 1.68 bits per heavy atom. The molecule has 1 heterocycles. The maximum atomic E-state index is 13.0. The molecule has 3 rings (SSSR count). The number of hydrogen-bond acceptors (Lipinski definition) is 6. The summed E-state index contributed by atoms with van der Waals surface area (Å²) in [6.07, 6.45) is 0.795. The van der Waals surface area contributed by atoms with Crippen molar-refractivity contribution in [1.82, 2.24) is 10.2 Å². The number of carboxylic acid groups (broad SMARTS) is 1. The van der Waals surface area contributed by atoms with E-state index < -0.39 is 16.0 Å². The highest BCUT2D eigenvalue weighted by Gasteiger charge is 2.24. The van der Waals surface area contributed by atoms with E-state index in [4.69, 9.17) is 0 Å². The first kappa shape index (κ1) is 25.5. The molecule has 0 aliphatic carbocycles. The minimum atomic E-state index is -3.91. The molecule has 0 saturated carbocycles. The molecule has 2 aromatic rings. The maximum absolute atomic E-state index is 13.0. The monoisotopic (exact) mass is 488 g/mol. The lowest BCUT2D eigenvalue weighted by molar-refractivity contribution is -0.122. The summed E-state index contributed by atoms with van der Waals surface area (Å²) in [4.78, 5) is 27.7. The fourth-order valence-corrected chi connectivity index (χ4v) is 4.92. The average molecular weight is 489 g/mol. The lowest BCUT2D eigenvalue weighted by Crippen LogP contribution is -2.50. The molecule has 1 saturated heterocycles. The molecule has 1 aliphatic rings. The van der Waals surface area contributed by atoms with Crippen LogP contribution in [0.2, 0.25) is 0 Å². The molecule has 10 heteroatoms. The van der Waals surface area contributed by atoms with Gasteiger partial charge in [-0.15, -0.1) is 0 Å². The van der Waals surface area contributed by atoms with Crippen LogP contribution >= 0.6 is 0 Å². The molecule has 1 amide bonds. The summed E-state index contributed by atoms with van der Waals surface area (Å²) >= 11 is 0. The van der Waals surface area contributed by atoms with Gasteiger partial charge in [0, 0.05) is 32.2 Å². The predicted molar refractivity (Wildman–Crippen MR) is 132 cm³/mol. The maximum Gasteiger partial charge on any atom is 0.335 e. The molecule has 1 fully saturated rings. The third-order valence-electron chi connectivity index (χ3n) is 5.66. The van der Waals surface area contributed by atoms with E-state index in [0.29, 0.717) is 38.4 Å². The van der Waals surface area contributed by atoms with Crippen LogP contribution in [0.25, 0.3) is 0 Å². The fraction of sp³-hybridized carbons (Fsp3) is 0.417. The van der Waals surface area contributed by atoms with Crippen molar-refractivity contribution >= 4 is 33.3 Å². The van der Waals surface area contributed by atoms with Gasteiger partial charge in [-0.2, -0.15) is 0 Å². The average Bonchev–Trinajstić information content (AvgIpc) is 2.79. The van der Waals surface area contributed by atoms with Crippen molar-refractivity contribution in [3.63, 3.8) is 0 Å². The molecule has 0 bridgehead atoms. The van der Waals surface area contributed by atoms with Gasteiger partial charge in [0.25, 0.3) is 10.0 Å². The Kier molecular flexibility index (Phi) is 8.16. The van der Waals surface area contributed by atoms with Crippen LogP contribution in [0.15, 0.2) is 47.4 Å². The lowest BCUT2D eigenvalue weighted by atomic mass is 10.1. The van der Waals surface area contributed by atoms with Crippen molar-refractivity contribution in [3.05, 3.63) is 53.6 Å². The molecule has 184 valence electrons. The van der Waals surface area contributed by atoms with Gasteiger partial charge in [-0.1, -0.05) is 19.1 Å². The second kappa shape index (κ2) is 10.9. The van der Waals surface area contributed by atoms with E-state index in [-0.39, 0.29) is 28.1 Å². The third-order valence-corrected chi connectivity index (χ3v) is 7.04. The Labute approximate surface area is 200 Å². The zero-order chi connectivity index (χ0) is 24.9. The third kappa shape index (κ3) is 6.48. The molecular formula is C24H32N4O5S. The number of sulfonamides is 1. The number of amides is 1. The molecule has 0 aromatic heterocycles. The molecule has 0 spiro atoms. The summed E-state index contributed by atoms with van der Waals surface area (Å²) in [7, 11) is -3.91. The molecule has 0 radical (unpaired) electrons. The van der Waals surface area contributed by atoms with Gasteiger partial charge in [-0.25, -0.2) is 13.2 Å². The van der Waals surface area contributed by atoms with E-state index in [1.54, 1.807) is 30.3 Å². The highest BCUT2D eigenvalue weighted by molar-refractivity contribution is 7.92. The van der Waals surface area contributed by atoms with Crippen LogP contribution in [0.4, 0.5) is 11.4 Å². The van der Waals surface area contributed by atoms with Gasteiger partial charge in [-0.05, 0) is 56.2 Å². The van der Waals surface area contributed by atoms with E-state index in [9.17, 15) is 23.1 Å². The van der Waals surface area contributed by atoms with E-state index in [0.717, 1.165) is 12.0 Å². The number of benzene rings is 2. The Morgan fingerprint density at radius 3 is 2.24 bits per heavy atom. The quantitative estimate of drug-likeness (QED) is 0.496. The van der Waals surface area contributed by atoms with Crippen LogP contribution in [0.1, 0.15) is 36.7 Å². The number of nitrogens with one attached hydrogen (secondary N) is 2. The molecule has 2 aromatic carbocycles. The summed E-state index contributed by atoms with van der Waals surface area (Å²) in [6, 6.07) is 11.1. The number of carbonyl (C=O) groups excluding carboxylic acids is 1. The summed E-state index contributed by atoms with van der Waals surface area (Å²) in [6.45, 7) is 8.50. The van der Waals surface area contributed by atoms with E-state index in [2.05, 4.69) is 10.0 Å². The van der Waals surface area contributed by atoms with Crippen molar-refractivity contribution < 1.29 is 23.1 Å². The summed E-state index contributed by atoms with van der Waals surface area (Å²) < 4.78 is 28.7. The van der Waals surface area contributed by atoms with Gasteiger partial charge >= 0.3 is 5.97 Å². The first-order valence-corrected chi connectivity index (χ1v) is 12.8. The molecule has 1 aliphatic heterocycles. The number of piperazine rings is 1. The number of carboxylic acids is 1. The Bertz CT molecular complexity index is 1120. The molecule has 0 unspecified atom stereocenters. The van der Waals surface area contributed by atoms with E-state index in [1.165, 1.54) is 12.1 Å². The first-order valence-electron chi connectivity index (χ1n) is 11.3. The van der Waals surface area contributed by atoms with Gasteiger partial charge in [0.05, 0.1) is 28.4 Å². The molecule has 34 heavy (non-hydrogen) atoms. The fourth-order valence-electron chi connectivity index (χ4n) is 3.85. The second-order valence-electron chi connectivity index (χ2n) is 8.63. The number of hydrogen-bond donors (Lipinski definition) is 3. The number of anilines is 2. The summed E-state index contributed by atoms with van der Waals surface area (Å²) in [5.41, 5.74) is 1.83. The van der Waals surface area contributed by atoms with Gasteiger partial charge in [0.1, 0.15) is 0 Å². The van der Waals surface area contributed by atoms with E-state index >= 15 is 0 Å². The number of nitrogens with zero attached hydrogens (tertiary/aromatic N) is 2. The van der Waals surface area contributed by atoms with Crippen molar-refractivity contribution in [2.45, 2.75) is 38.1 Å². The summed E-state index contributed by atoms with van der Waals surface area (Å²) in [5, 5.41) is 12.3. The predicted octanol–water partition coefficient (Wildman–Crippen LogP) is 2.39. The van der Waals surface area contributed by atoms with Crippen LogP contribution in [0.5, 0.6) is 0 Å². The SMILES string of the molecule is CCc1ccc(S(=O)(=O)Nc2cc(C(=O)O)ccc2N2CCN(CC(=O)NC(C)C)CC2)cc1. The summed E-state index contributed by atoms with van der Waals surface area (Å²) in [5.74, 6) is -1.17. The van der Waals surface area contributed by atoms with Crippen molar-refractivity contribution in [2.24, 2.45) is 0 Å². The Hall–Kier alpha value is -3.11. The zero-order valence-electron chi connectivity index (χ0n) is 19.7. The van der Waals surface area contributed by atoms with E-state index in [1.807, 2.05) is 30.6 Å². The Morgan fingerprint density at radius 1 is 1.03 bits per heavy atom. The molecule has 3 N–H and O–H groups in total. The zero-order valence-corrected chi connectivity index (χ0v) is 20.6. The molecule has 9 nitrogen and oxygen atoms in total. The van der Waals surface area contributed by atoms with Crippen molar-refractivity contribution in [1.29, 1.82) is 0 Å². The van der Waals surface area contributed by atoms with Crippen LogP contribution in [0.3, 0.4) is 0 Å². The van der Waals surface area contributed by atoms with Crippen LogP contribution in [-0.2, 0) is 21.2 Å². The van der Waals surface area contributed by atoms with Crippen LogP contribution < -0.4 is 14.9 Å². The van der Waals surface area contributed by atoms with Crippen molar-refractivity contribution in [2.75, 3.05) is 42.3 Å². The number of aryl methyl sites for hydroxylation is 1. The van der Waals surface area contributed by atoms with Gasteiger partial charge < -0.3 is 15.3 Å². The lowest BCUT2D eigenvalue weighted by Gasteiger charge is -2.36. The minimum Gasteiger partial charge on any atom is -0.478 e. The molecular weight excluding hydrogens is 456 g/mol. The number of rotatable bonds is 9. The number of carbonyl (C=O) groups is 2. The van der Waals surface area contributed by atoms with Gasteiger partial charge in [0.15, 0.2) is 0 Å².